The summed E-state index contributed by atoms with van der Waals surface area (Å²) in [6.45, 7) is 3.64. The van der Waals surface area contributed by atoms with Crippen molar-refractivity contribution in [3.8, 4) is 0 Å². The summed E-state index contributed by atoms with van der Waals surface area (Å²) in [7, 11) is 0.385. The van der Waals surface area contributed by atoms with Gasteiger partial charge in [-0.05, 0) is 32.6 Å². The molecule has 0 fully saturated rings. The molecule has 0 aliphatic carbocycles. The lowest BCUT2D eigenvalue weighted by Crippen LogP contribution is -2.36. The second kappa shape index (κ2) is 7.46. The van der Waals surface area contributed by atoms with Crippen molar-refractivity contribution < 1.29 is 8.42 Å². The van der Waals surface area contributed by atoms with Gasteiger partial charge in [0.05, 0.1) is 4.88 Å². The highest BCUT2D eigenvalue weighted by molar-refractivity contribution is 7.91. The third-order valence-electron chi connectivity index (χ3n) is 2.69. The van der Waals surface area contributed by atoms with Crippen LogP contribution in [0.3, 0.4) is 0 Å². The number of thiocarbonyl (C=S) groups is 1. The highest BCUT2D eigenvalue weighted by atomic mass is 32.2. The monoisotopic (exact) mass is 335 g/mol. The Morgan fingerprint density at radius 3 is 2.40 bits per heavy atom. The zero-order valence-corrected chi connectivity index (χ0v) is 14.4. The molecule has 114 valence electrons. The molecule has 1 rings (SSSR count). The van der Waals surface area contributed by atoms with Crippen molar-refractivity contribution in [3.05, 3.63) is 17.0 Å². The largest absolute Gasteiger partial charge is 0.389 e. The molecule has 1 aromatic heterocycles. The first kappa shape index (κ1) is 17.5. The van der Waals surface area contributed by atoms with Gasteiger partial charge in [0.1, 0.15) is 9.20 Å². The highest BCUT2D eigenvalue weighted by Crippen LogP contribution is 2.25. The summed E-state index contributed by atoms with van der Waals surface area (Å²) in [6, 6.07) is 3.24. The summed E-state index contributed by atoms with van der Waals surface area (Å²) in [5.41, 5.74) is 5.53. The summed E-state index contributed by atoms with van der Waals surface area (Å²) < 4.78 is 27.0. The molecule has 0 saturated carbocycles. The van der Waals surface area contributed by atoms with E-state index in [1.54, 1.807) is 12.1 Å². The van der Waals surface area contributed by atoms with Crippen molar-refractivity contribution in [3.63, 3.8) is 0 Å². The first-order valence-corrected chi connectivity index (χ1v) is 9.00. The van der Waals surface area contributed by atoms with Gasteiger partial charge in [0.15, 0.2) is 0 Å². The van der Waals surface area contributed by atoms with Crippen LogP contribution < -0.4 is 5.73 Å². The van der Waals surface area contributed by atoms with Crippen molar-refractivity contribution in [1.82, 2.24) is 9.21 Å². The smallest absolute Gasteiger partial charge is 0.252 e. The standard InChI is InChI=1S/C12H21N3O2S3/c1-4-7-15(9-8-14(2)3)20(16,17)11-6-5-10(19-11)12(13)18/h5-6H,4,7-9H2,1-3H3,(H2,13,18). The summed E-state index contributed by atoms with van der Waals surface area (Å²) in [5.74, 6) is 0. The van der Waals surface area contributed by atoms with Crippen molar-refractivity contribution in [2.24, 2.45) is 5.73 Å². The van der Waals surface area contributed by atoms with Crippen molar-refractivity contribution in [1.29, 1.82) is 0 Å². The Hall–Kier alpha value is -0.540. The molecule has 20 heavy (non-hydrogen) atoms. The van der Waals surface area contributed by atoms with Crippen LogP contribution in [0.15, 0.2) is 16.3 Å². The van der Waals surface area contributed by atoms with E-state index in [2.05, 4.69) is 0 Å². The van der Waals surface area contributed by atoms with Crippen LogP contribution in [0, 0.1) is 0 Å². The van der Waals surface area contributed by atoms with E-state index in [4.69, 9.17) is 18.0 Å². The number of likely N-dealkylation sites (N-methyl/N-ethyl adjacent to an activating group) is 1. The predicted molar refractivity (Wildman–Crippen MR) is 87.8 cm³/mol. The van der Waals surface area contributed by atoms with E-state index in [-0.39, 0.29) is 4.99 Å². The van der Waals surface area contributed by atoms with Crippen LogP contribution in [-0.2, 0) is 10.0 Å². The van der Waals surface area contributed by atoms with Gasteiger partial charge in [-0.3, -0.25) is 0 Å². The maximum absolute atomic E-state index is 12.6. The quantitative estimate of drug-likeness (QED) is 0.726. The van der Waals surface area contributed by atoms with Gasteiger partial charge in [-0.1, -0.05) is 19.1 Å². The van der Waals surface area contributed by atoms with E-state index in [1.165, 1.54) is 4.31 Å². The van der Waals surface area contributed by atoms with E-state index in [0.717, 1.165) is 17.8 Å². The van der Waals surface area contributed by atoms with Gasteiger partial charge in [-0.2, -0.15) is 4.31 Å². The zero-order valence-electron chi connectivity index (χ0n) is 12.0. The SMILES string of the molecule is CCCN(CCN(C)C)S(=O)(=O)c1ccc(C(N)=S)s1. The van der Waals surface area contributed by atoms with Gasteiger partial charge in [0, 0.05) is 19.6 Å². The molecule has 0 radical (unpaired) electrons. The van der Waals surface area contributed by atoms with E-state index in [0.29, 0.717) is 28.7 Å². The Kier molecular flexibility index (Phi) is 6.53. The van der Waals surface area contributed by atoms with Crippen molar-refractivity contribution in [2.45, 2.75) is 17.6 Å². The van der Waals surface area contributed by atoms with Crippen LogP contribution in [0.5, 0.6) is 0 Å². The Labute approximate surface area is 130 Å². The van der Waals surface area contributed by atoms with Gasteiger partial charge in [0.25, 0.3) is 10.0 Å². The molecule has 1 aromatic rings. The molecule has 0 unspecified atom stereocenters. The van der Waals surface area contributed by atoms with Crippen LogP contribution >= 0.6 is 23.6 Å². The fourth-order valence-corrected chi connectivity index (χ4v) is 4.66. The predicted octanol–water partition coefficient (Wildman–Crippen LogP) is 1.34. The fraction of sp³-hybridized carbons (Fsp3) is 0.583. The normalized spacial score (nSPS) is 12.2. The minimum atomic E-state index is -3.46. The van der Waals surface area contributed by atoms with Gasteiger partial charge < -0.3 is 10.6 Å². The number of rotatable bonds is 8. The van der Waals surface area contributed by atoms with Gasteiger partial charge in [0.2, 0.25) is 0 Å². The molecule has 0 aliphatic rings. The Morgan fingerprint density at radius 1 is 1.30 bits per heavy atom. The second-order valence-electron chi connectivity index (χ2n) is 4.69. The van der Waals surface area contributed by atoms with E-state index in [1.807, 2.05) is 25.9 Å². The molecule has 0 atom stereocenters. The van der Waals surface area contributed by atoms with Crippen LogP contribution in [-0.4, -0.2) is 56.3 Å². The first-order chi connectivity index (χ1) is 9.28. The average molecular weight is 336 g/mol. The average Bonchev–Trinajstić information content (AvgIpc) is 2.84. The number of nitrogens with zero attached hydrogens (tertiary/aromatic N) is 2. The molecule has 0 spiro atoms. The molecule has 0 saturated heterocycles. The molecule has 2 N–H and O–H groups in total. The molecule has 0 amide bonds. The maximum Gasteiger partial charge on any atom is 0.252 e. The lowest BCUT2D eigenvalue weighted by Gasteiger charge is -2.22. The molecular formula is C12H21N3O2S3. The van der Waals surface area contributed by atoms with Crippen LogP contribution in [0.25, 0.3) is 0 Å². The third kappa shape index (κ3) is 4.49. The molecule has 1 heterocycles. The minimum Gasteiger partial charge on any atom is -0.389 e. The number of thiophene rings is 1. The molecule has 0 aliphatic heterocycles. The summed E-state index contributed by atoms with van der Waals surface area (Å²) in [4.78, 5) is 2.82. The molecule has 0 aromatic carbocycles. The zero-order chi connectivity index (χ0) is 15.3. The fourth-order valence-electron chi connectivity index (χ4n) is 1.63. The second-order valence-corrected chi connectivity index (χ2v) is 8.38. The summed E-state index contributed by atoms with van der Waals surface area (Å²) >= 11 is 6.00. The Balaban J connectivity index is 2.98. The lowest BCUT2D eigenvalue weighted by molar-refractivity contribution is 0.333. The maximum atomic E-state index is 12.6. The summed E-state index contributed by atoms with van der Waals surface area (Å²) in [5, 5.41) is 0. The topological polar surface area (TPSA) is 66.6 Å². The van der Waals surface area contributed by atoms with Crippen molar-refractivity contribution >= 4 is 38.6 Å². The third-order valence-corrected chi connectivity index (χ3v) is 6.52. The number of hydrogen-bond acceptors (Lipinski definition) is 5. The van der Waals surface area contributed by atoms with Gasteiger partial charge in [-0.15, -0.1) is 11.3 Å². The van der Waals surface area contributed by atoms with E-state index < -0.39 is 10.0 Å². The molecule has 5 nitrogen and oxygen atoms in total. The highest BCUT2D eigenvalue weighted by Gasteiger charge is 2.25. The molecular weight excluding hydrogens is 314 g/mol. The van der Waals surface area contributed by atoms with E-state index >= 15 is 0 Å². The minimum absolute atomic E-state index is 0.229. The number of sulfonamides is 1. The summed E-state index contributed by atoms with van der Waals surface area (Å²) in [6.07, 6.45) is 0.778. The van der Waals surface area contributed by atoms with Gasteiger partial charge >= 0.3 is 0 Å². The van der Waals surface area contributed by atoms with Crippen LogP contribution in [0.1, 0.15) is 18.2 Å². The number of hydrogen-bond donors (Lipinski definition) is 1. The molecule has 0 bridgehead atoms. The number of nitrogens with two attached hydrogens (primary N) is 1. The van der Waals surface area contributed by atoms with Gasteiger partial charge in [-0.25, -0.2) is 8.42 Å². The van der Waals surface area contributed by atoms with Crippen LogP contribution in [0.4, 0.5) is 0 Å². The van der Waals surface area contributed by atoms with Crippen LogP contribution in [0.2, 0.25) is 0 Å². The lowest BCUT2D eigenvalue weighted by atomic mass is 10.4. The first-order valence-electron chi connectivity index (χ1n) is 6.33. The van der Waals surface area contributed by atoms with E-state index in [9.17, 15) is 8.42 Å². The Morgan fingerprint density at radius 2 is 1.95 bits per heavy atom. The Bertz CT molecular complexity index is 552. The molecule has 8 heteroatoms. The van der Waals surface area contributed by atoms with Crippen molar-refractivity contribution in [2.75, 3.05) is 33.7 Å².